The fourth-order valence-electron chi connectivity index (χ4n) is 2.91. The summed E-state index contributed by atoms with van der Waals surface area (Å²) in [5.74, 6) is 4.94. The molecule has 5 nitrogen and oxygen atoms in total. The molecule has 0 fully saturated rings. The van der Waals surface area contributed by atoms with Crippen LogP contribution in [-0.2, 0) is 0 Å². The van der Waals surface area contributed by atoms with Crippen molar-refractivity contribution in [2.45, 2.75) is 11.8 Å². The molecule has 4 rings (SSSR count). The van der Waals surface area contributed by atoms with Gasteiger partial charge in [0.25, 0.3) is 0 Å². The third-order valence-electron chi connectivity index (χ3n) is 4.52. The molecule has 0 unspecified atom stereocenters. The Kier molecular flexibility index (Phi) is 6.08. The second kappa shape index (κ2) is 9.09. The minimum Gasteiger partial charge on any atom is -0.477 e. The zero-order chi connectivity index (χ0) is 21.8. The zero-order valence-corrected chi connectivity index (χ0v) is 18.0. The number of hydrogen-bond donors (Lipinski definition) is 2. The summed E-state index contributed by atoms with van der Waals surface area (Å²) in [6.07, 6.45) is 3.16. The molecule has 0 atom stereocenters. The van der Waals surface area contributed by atoms with Crippen molar-refractivity contribution in [2.24, 2.45) is 0 Å². The fourth-order valence-corrected chi connectivity index (χ4v) is 4.00. The summed E-state index contributed by atoms with van der Waals surface area (Å²) in [5.41, 5.74) is 4.04. The largest absolute Gasteiger partial charge is 0.477 e. The van der Waals surface area contributed by atoms with Gasteiger partial charge >= 0.3 is 5.97 Å². The van der Waals surface area contributed by atoms with E-state index in [2.05, 4.69) is 45.6 Å². The molecule has 4 aromatic rings. The van der Waals surface area contributed by atoms with Gasteiger partial charge in [0.05, 0.1) is 26.7 Å². The van der Waals surface area contributed by atoms with Crippen LogP contribution in [0.25, 0.3) is 10.9 Å². The predicted octanol–water partition coefficient (Wildman–Crippen LogP) is 5.81. The van der Waals surface area contributed by atoms with Crippen molar-refractivity contribution < 1.29 is 9.90 Å². The van der Waals surface area contributed by atoms with Gasteiger partial charge in [0, 0.05) is 23.3 Å². The number of carbonyl (C=O) groups is 1. The first-order valence-electron chi connectivity index (χ1n) is 9.30. The van der Waals surface area contributed by atoms with E-state index in [9.17, 15) is 4.79 Å². The van der Waals surface area contributed by atoms with Crippen LogP contribution in [0.2, 0.25) is 5.02 Å². The molecule has 0 saturated carbocycles. The maximum atomic E-state index is 11.0. The van der Waals surface area contributed by atoms with Gasteiger partial charge in [-0.15, -0.1) is 0 Å². The summed E-state index contributed by atoms with van der Waals surface area (Å²) in [6.45, 7) is 2.06. The van der Waals surface area contributed by atoms with Gasteiger partial charge in [0.2, 0.25) is 0 Å². The van der Waals surface area contributed by atoms with Crippen LogP contribution in [0.3, 0.4) is 0 Å². The van der Waals surface area contributed by atoms with Crippen molar-refractivity contribution in [2.75, 3.05) is 4.72 Å². The molecular formula is C24H16ClN3O2S. The number of hydrogen-bond acceptors (Lipinski definition) is 5. The molecule has 2 aromatic carbocycles. The average molecular weight is 446 g/mol. The lowest BCUT2D eigenvalue weighted by Crippen LogP contribution is -2.00. The lowest BCUT2D eigenvalue weighted by Gasteiger charge is -2.11. The fraction of sp³-hybridized carbons (Fsp3) is 0.0417. The van der Waals surface area contributed by atoms with E-state index in [1.165, 1.54) is 24.2 Å². The number of fused-ring (bicyclic) bond motifs is 1. The lowest BCUT2D eigenvalue weighted by atomic mass is 10.1. The summed E-state index contributed by atoms with van der Waals surface area (Å²) < 4.78 is 3.39. The van der Waals surface area contributed by atoms with Crippen molar-refractivity contribution >= 4 is 46.1 Å². The Morgan fingerprint density at radius 2 is 1.87 bits per heavy atom. The van der Waals surface area contributed by atoms with E-state index in [0.717, 1.165) is 32.6 Å². The Labute approximate surface area is 188 Å². The molecule has 0 bridgehead atoms. The van der Waals surface area contributed by atoms with Crippen LogP contribution in [0.4, 0.5) is 5.69 Å². The molecule has 0 aliphatic rings. The Balaban J connectivity index is 1.61. The highest BCUT2D eigenvalue weighted by atomic mass is 35.5. The van der Waals surface area contributed by atoms with Crippen LogP contribution in [0.5, 0.6) is 0 Å². The average Bonchev–Trinajstić information content (AvgIpc) is 2.78. The molecule has 0 aliphatic carbocycles. The minimum absolute atomic E-state index is 0.118. The number of aromatic nitrogens is 2. The Bertz CT molecular complexity index is 1360. The second-order valence-corrected chi connectivity index (χ2v) is 7.86. The van der Waals surface area contributed by atoms with Crippen LogP contribution in [-0.4, -0.2) is 21.0 Å². The van der Waals surface area contributed by atoms with Crippen molar-refractivity contribution in [3.63, 3.8) is 0 Å². The number of para-hydroxylation sites is 1. The van der Waals surface area contributed by atoms with E-state index in [1.807, 2.05) is 36.4 Å². The van der Waals surface area contributed by atoms with E-state index in [0.29, 0.717) is 5.56 Å². The SMILES string of the molecule is Cc1ccc2cccnc2c1SNc1ccccc1C#Cc1cnc(C(=O)O)cc1Cl. The highest BCUT2D eigenvalue weighted by molar-refractivity contribution is 8.00. The first-order chi connectivity index (χ1) is 15.0. The number of carboxylic acids is 1. The van der Waals surface area contributed by atoms with Crippen molar-refractivity contribution in [3.05, 3.63) is 94.4 Å². The van der Waals surface area contributed by atoms with Crippen LogP contribution in [0.1, 0.15) is 27.2 Å². The van der Waals surface area contributed by atoms with Gasteiger partial charge < -0.3 is 9.83 Å². The summed E-state index contributed by atoms with van der Waals surface area (Å²) >= 11 is 7.65. The van der Waals surface area contributed by atoms with Crippen LogP contribution in [0.15, 0.2) is 71.9 Å². The van der Waals surface area contributed by atoms with Gasteiger partial charge in [-0.3, -0.25) is 4.98 Å². The van der Waals surface area contributed by atoms with Gasteiger partial charge in [-0.05, 0) is 48.7 Å². The highest BCUT2D eigenvalue weighted by Gasteiger charge is 2.09. The third kappa shape index (κ3) is 4.64. The number of aromatic carboxylic acids is 1. The molecule has 0 spiro atoms. The zero-order valence-electron chi connectivity index (χ0n) is 16.4. The maximum absolute atomic E-state index is 11.0. The molecular weight excluding hydrogens is 430 g/mol. The quantitative estimate of drug-likeness (QED) is 0.305. The molecule has 0 aliphatic heterocycles. The standard InChI is InChI=1S/C24H16ClN3O2S/c1-15-8-9-17-6-4-12-26-22(17)23(15)31-28-20-7-3-2-5-16(20)10-11-18-14-27-21(24(29)30)13-19(18)25/h2-9,12-14,28H,1H3,(H,29,30). The summed E-state index contributed by atoms with van der Waals surface area (Å²) in [6, 6.07) is 17.1. The molecule has 0 radical (unpaired) electrons. The van der Waals surface area contributed by atoms with E-state index in [4.69, 9.17) is 16.7 Å². The van der Waals surface area contributed by atoms with Crippen molar-refractivity contribution in [1.82, 2.24) is 9.97 Å². The molecule has 31 heavy (non-hydrogen) atoms. The minimum atomic E-state index is -1.13. The van der Waals surface area contributed by atoms with Crippen LogP contribution < -0.4 is 4.72 Å². The number of benzene rings is 2. The normalized spacial score (nSPS) is 10.4. The van der Waals surface area contributed by atoms with Crippen molar-refractivity contribution in [3.8, 4) is 11.8 Å². The summed E-state index contributed by atoms with van der Waals surface area (Å²) in [5, 5.41) is 10.3. The van der Waals surface area contributed by atoms with E-state index >= 15 is 0 Å². The van der Waals surface area contributed by atoms with Gasteiger partial charge in [-0.1, -0.05) is 53.8 Å². The van der Waals surface area contributed by atoms with Crippen molar-refractivity contribution in [1.29, 1.82) is 0 Å². The van der Waals surface area contributed by atoms with Gasteiger partial charge in [0.1, 0.15) is 5.69 Å². The van der Waals surface area contributed by atoms with Crippen LogP contribution in [0, 0.1) is 18.8 Å². The number of aryl methyl sites for hydroxylation is 1. The highest BCUT2D eigenvalue weighted by Crippen LogP contribution is 2.31. The maximum Gasteiger partial charge on any atom is 0.354 e. The second-order valence-electron chi connectivity index (χ2n) is 6.64. The number of carboxylic acid groups (broad SMARTS) is 1. The Morgan fingerprint density at radius 3 is 2.68 bits per heavy atom. The smallest absolute Gasteiger partial charge is 0.354 e. The summed E-state index contributed by atoms with van der Waals surface area (Å²) in [7, 11) is 0. The number of halogens is 1. The molecule has 2 heterocycles. The number of nitrogens with zero attached hydrogens (tertiary/aromatic N) is 2. The topological polar surface area (TPSA) is 75.1 Å². The van der Waals surface area contributed by atoms with Gasteiger partial charge in [-0.2, -0.15) is 0 Å². The number of anilines is 1. The Morgan fingerprint density at radius 1 is 1.06 bits per heavy atom. The first kappa shape index (κ1) is 20.7. The van der Waals surface area contributed by atoms with E-state index < -0.39 is 5.97 Å². The van der Waals surface area contributed by atoms with E-state index in [-0.39, 0.29) is 10.7 Å². The van der Waals surface area contributed by atoms with E-state index in [1.54, 1.807) is 6.20 Å². The van der Waals surface area contributed by atoms with Crippen LogP contribution >= 0.6 is 23.5 Å². The molecule has 7 heteroatoms. The lowest BCUT2D eigenvalue weighted by molar-refractivity contribution is 0.0690. The molecule has 2 aromatic heterocycles. The first-order valence-corrected chi connectivity index (χ1v) is 10.5. The third-order valence-corrected chi connectivity index (χ3v) is 5.87. The van der Waals surface area contributed by atoms with Gasteiger partial charge in [-0.25, -0.2) is 9.78 Å². The predicted molar refractivity (Wildman–Crippen MR) is 125 cm³/mol. The molecule has 0 amide bonds. The van der Waals surface area contributed by atoms with Gasteiger partial charge in [0.15, 0.2) is 0 Å². The molecule has 0 saturated heterocycles. The monoisotopic (exact) mass is 445 g/mol. The number of pyridine rings is 2. The molecule has 152 valence electrons. The number of rotatable bonds is 4. The Hall–Kier alpha value is -3.53. The number of nitrogens with one attached hydrogen (secondary N) is 1. The molecule has 2 N–H and O–H groups in total. The summed E-state index contributed by atoms with van der Waals surface area (Å²) in [4.78, 5) is 20.5.